The number of alkyl halides is 1. The molecule has 0 bridgehead atoms. The molecule has 0 aromatic heterocycles. The van der Waals surface area contributed by atoms with Crippen molar-refractivity contribution in [3.05, 3.63) is 29.8 Å². The Morgan fingerprint density at radius 1 is 1.60 bits per heavy atom. The molecule has 0 radical (unpaired) electrons. The maximum absolute atomic E-state index is 11.5. The number of phenols is 1. The molecular weight excluding hydrogens is 214 g/mol. The summed E-state index contributed by atoms with van der Waals surface area (Å²) in [7, 11) is 0. The zero-order valence-corrected chi connectivity index (χ0v) is 9.29. The summed E-state index contributed by atoms with van der Waals surface area (Å²) in [5.41, 5.74) is 0.456. The fourth-order valence-corrected chi connectivity index (χ4v) is 1.24. The van der Waals surface area contributed by atoms with Gasteiger partial charge in [0.05, 0.1) is 0 Å². The third-order valence-electron chi connectivity index (χ3n) is 1.94. The van der Waals surface area contributed by atoms with Crippen molar-refractivity contribution >= 4 is 17.5 Å². The Kier molecular flexibility index (Phi) is 4.43. The lowest BCUT2D eigenvalue weighted by atomic mass is 10.2. The summed E-state index contributed by atoms with van der Waals surface area (Å²) >= 11 is 5.74. The molecular formula is C11H14ClNO2. The van der Waals surface area contributed by atoms with Crippen LogP contribution in [0.4, 0.5) is 0 Å². The van der Waals surface area contributed by atoms with Crippen LogP contribution in [-0.2, 0) is 0 Å². The van der Waals surface area contributed by atoms with Crippen LogP contribution in [0.3, 0.4) is 0 Å². The van der Waals surface area contributed by atoms with Crippen LogP contribution >= 0.6 is 11.6 Å². The Morgan fingerprint density at radius 2 is 2.33 bits per heavy atom. The summed E-state index contributed by atoms with van der Waals surface area (Å²) in [6.45, 7) is 2.42. The lowest BCUT2D eigenvalue weighted by Crippen LogP contribution is -2.25. The fourth-order valence-electron chi connectivity index (χ4n) is 1.13. The van der Waals surface area contributed by atoms with Crippen LogP contribution in [0.5, 0.6) is 5.75 Å². The number of carbonyl (C=O) groups is 1. The van der Waals surface area contributed by atoms with Gasteiger partial charge in [-0.3, -0.25) is 4.79 Å². The van der Waals surface area contributed by atoms with E-state index in [4.69, 9.17) is 11.6 Å². The molecule has 82 valence electrons. The summed E-state index contributed by atoms with van der Waals surface area (Å²) in [6, 6.07) is 6.24. The van der Waals surface area contributed by atoms with E-state index in [9.17, 15) is 9.90 Å². The Bertz CT molecular complexity index is 339. The van der Waals surface area contributed by atoms with Gasteiger partial charge in [0.2, 0.25) is 0 Å². The highest BCUT2D eigenvalue weighted by Crippen LogP contribution is 2.10. The number of hydrogen-bond acceptors (Lipinski definition) is 2. The predicted molar refractivity (Wildman–Crippen MR) is 60.4 cm³/mol. The number of nitrogens with one attached hydrogen (secondary N) is 1. The highest BCUT2D eigenvalue weighted by Gasteiger charge is 2.05. The Hall–Kier alpha value is -1.22. The lowest BCUT2D eigenvalue weighted by Gasteiger charge is -2.06. The first-order chi connectivity index (χ1) is 7.09. The van der Waals surface area contributed by atoms with Gasteiger partial charge in [-0.2, -0.15) is 0 Å². The molecule has 1 unspecified atom stereocenters. The van der Waals surface area contributed by atoms with Gasteiger partial charge in [0.15, 0.2) is 0 Å². The van der Waals surface area contributed by atoms with Crippen molar-refractivity contribution in [2.45, 2.75) is 18.7 Å². The van der Waals surface area contributed by atoms with E-state index in [1.54, 1.807) is 12.1 Å². The van der Waals surface area contributed by atoms with E-state index in [1.807, 2.05) is 6.92 Å². The van der Waals surface area contributed by atoms with Crippen molar-refractivity contribution in [2.75, 3.05) is 6.54 Å². The highest BCUT2D eigenvalue weighted by atomic mass is 35.5. The van der Waals surface area contributed by atoms with E-state index in [0.717, 1.165) is 6.42 Å². The largest absolute Gasteiger partial charge is 0.508 e. The monoisotopic (exact) mass is 227 g/mol. The van der Waals surface area contributed by atoms with Gasteiger partial charge in [-0.1, -0.05) is 6.07 Å². The number of hydrogen-bond donors (Lipinski definition) is 2. The van der Waals surface area contributed by atoms with Gasteiger partial charge >= 0.3 is 0 Å². The van der Waals surface area contributed by atoms with Gasteiger partial charge in [0.1, 0.15) is 5.75 Å². The lowest BCUT2D eigenvalue weighted by molar-refractivity contribution is 0.0953. The van der Waals surface area contributed by atoms with Crippen molar-refractivity contribution in [3.63, 3.8) is 0 Å². The quantitative estimate of drug-likeness (QED) is 0.775. The van der Waals surface area contributed by atoms with Crippen molar-refractivity contribution < 1.29 is 9.90 Å². The standard InChI is InChI=1S/C11H14ClNO2/c1-8(12)5-6-13-11(15)9-3-2-4-10(14)7-9/h2-4,7-8,14H,5-6H2,1H3,(H,13,15). The van der Waals surface area contributed by atoms with Gasteiger partial charge < -0.3 is 10.4 Å². The van der Waals surface area contributed by atoms with Crippen molar-refractivity contribution in [1.29, 1.82) is 0 Å². The molecule has 15 heavy (non-hydrogen) atoms. The van der Waals surface area contributed by atoms with E-state index in [1.165, 1.54) is 12.1 Å². The second-order valence-corrected chi connectivity index (χ2v) is 4.12. The number of rotatable bonds is 4. The molecule has 1 aromatic carbocycles. The molecule has 0 aliphatic rings. The van der Waals surface area contributed by atoms with E-state index in [2.05, 4.69) is 5.32 Å². The SMILES string of the molecule is CC(Cl)CCNC(=O)c1cccc(O)c1. The van der Waals surface area contributed by atoms with E-state index >= 15 is 0 Å². The number of phenolic OH excluding ortho intramolecular Hbond substituents is 1. The first-order valence-electron chi connectivity index (χ1n) is 4.81. The summed E-state index contributed by atoms with van der Waals surface area (Å²) in [6.07, 6.45) is 0.728. The molecule has 2 N–H and O–H groups in total. The highest BCUT2D eigenvalue weighted by molar-refractivity contribution is 6.20. The Balaban J connectivity index is 2.47. The van der Waals surface area contributed by atoms with Crippen molar-refractivity contribution in [3.8, 4) is 5.75 Å². The van der Waals surface area contributed by atoms with Crippen molar-refractivity contribution in [2.24, 2.45) is 0 Å². The van der Waals surface area contributed by atoms with Crippen LogP contribution in [-0.4, -0.2) is 22.9 Å². The number of halogens is 1. The van der Waals surface area contributed by atoms with Crippen LogP contribution in [0.1, 0.15) is 23.7 Å². The summed E-state index contributed by atoms with van der Waals surface area (Å²) in [4.78, 5) is 11.5. The zero-order valence-electron chi connectivity index (χ0n) is 8.53. The van der Waals surface area contributed by atoms with Crippen LogP contribution in [0.15, 0.2) is 24.3 Å². The molecule has 0 aliphatic carbocycles. The topological polar surface area (TPSA) is 49.3 Å². The van der Waals surface area contributed by atoms with Crippen LogP contribution < -0.4 is 5.32 Å². The molecule has 3 nitrogen and oxygen atoms in total. The second-order valence-electron chi connectivity index (χ2n) is 3.38. The maximum atomic E-state index is 11.5. The number of aromatic hydroxyl groups is 1. The summed E-state index contributed by atoms with van der Waals surface area (Å²) in [5.74, 6) is -0.100. The molecule has 0 saturated carbocycles. The molecule has 0 saturated heterocycles. The normalized spacial score (nSPS) is 12.1. The molecule has 0 heterocycles. The summed E-state index contributed by atoms with van der Waals surface area (Å²) < 4.78 is 0. The minimum Gasteiger partial charge on any atom is -0.508 e. The molecule has 0 fully saturated rings. The molecule has 1 atom stereocenters. The zero-order chi connectivity index (χ0) is 11.3. The van der Waals surface area contributed by atoms with Gasteiger partial charge in [0, 0.05) is 17.5 Å². The summed E-state index contributed by atoms with van der Waals surface area (Å²) in [5, 5.41) is 11.9. The number of carbonyl (C=O) groups excluding carboxylic acids is 1. The van der Waals surface area contributed by atoms with E-state index in [-0.39, 0.29) is 17.0 Å². The van der Waals surface area contributed by atoms with Gasteiger partial charge in [0.25, 0.3) is 5.91 Å². The Morgan fingerprint density at radius 3 is 2.93 bits per heavy atom. The molecule has 0 aliphatic heterocycles. The maximum Gasteiger partial charge on any atom is 0.251 e. The first kappa shape index (κ1) is 11.9. The average molecular weight is 228 g/mol. The van der Waals surface area contributed by atoms with Crippen LogP contribution in [0.2, 0.25) is 0 Å². The minimum absolute atomic E-state index is 0.0504. The molecule has 4 heteroatoms. The average Bonchev–Trinajstić information content (AvgIpc) is 2.17. The van der Waals surface area contributed by atoms with Crippen LogP contribution in [0, 0.1) is 0 Å². The smallest absolute Gasteiger partial charge is 0.251 e. The van der Waals surface area contributed by atoms with E-state index in [0.29, 0.717) is 12.1 Å². The van der Waals surface area contributed by atoms with Gasteiger partial charge in [-0.15, -0.1) is 11.6 Å². The second kappa shape index (κ2) is 5.61. The first-order valence-corrected chi connectivity index (χ1v) is 5.24. The molecule has 0 spiro atoms. The van der Waals surface area contributed by atoms with Crippen LogP contribution in [0.25, 0.3) is 0 Å². The Labute approximate surface area is 94.1 Å². The third-order valence-corrected chi connectivity index (χ3v) is 2.15. The minimum atomic E-state index is -0.191. The van der Waals surface area contributed by atoms with Crippen molar-refractivity contribution in [1.82, 2.24) is 5.32 Å². The fraction of sp³-hybridized carbons (Fsp3) is 0.364. The van der Waals surface area contributed by atoms with Gasteiger partial charge in [-0.25, -0.2) is 0 Å². The number of amides is 1. The third kappa shape index (κ3) is 4.21. The molecule has 1 rings (SSSR count). The number of benzene rings is 1. The predicted octanol–water partition coefficient (Wildman–Crippen LogP) is 2.14. The molecule has 1 amide bonds. The van der Waals surface area contributed by atoms with Gasteiger partial charge in [-0.05, 0) is 31.5 Å². The molecule has 1 aromatic rings. The van der Waals surface area contributed by atoms with E-state index < -0.39 is 0 Å².